The van der Waals surface area contributed by atoms with Crippen molar-refractivity contribution in [3.8, 4) is 5.75 Å². The molecule has 22 heavy (non-hydrogen) atoms. The van der Waals surface area contributed by atoms with Crippen LogP contribution in [0.1, 0.15) is 25.0 Å². The quantitative estimate of drug-likeness (QED) is 0.858. The number of ether oxygens (including phenoxy) is 2. The largest absolute Gasteiger partial charge is 0.491 e. The Morgan fingerprint density at radius 3 is 2.36 bits per heavy atom. The number of aliphatic hydroxyl groups excluding tert-OH is 1. The smallest absolute Gasteiger partial charge is 0.137 e. The lowest BCUT2D eigenvalue weighted by Gasteiger charge is -2.33. The van der Waals surface area contributed by atoms with E-state index in [1.165, 1.54) is 4.90 Å². The van der Waals surface area contributed by atoms with Crippen molar-refractivity contribution in [1.82, 2.24) is 0 Å². The molecule has 0 amide bonds. The van der Waals surface area contributed by atoms with Crippen molar-refractivity contribution < 1.29 is 19.5 Å². The third kappa shape index (κ3) is 4.85. The molecule has 1 saturated heterocycles. The van der Waals surface area contributed by atoms with E-state index in [4.69, 9.17) is 21.1 Å². The molecule has 1 aliphatic rings. The Balaban J connectivity index is 1.84. The van der Waals surface area contributed by atoms with Gasteiger partial charge in [0.25, 0.3) is 0 Å². The van der Waals surface area contributed by atoms with Gasteiger partial charge in [-0.3, -0.25) is 0 Å². The van der Waals surface area contributed by atoms with Gasteiger partial charge in [0.05, 0.1) is 0 Å². The van der Waals surface area contributed by atoms with Gasteiger partial charge in [0.15, 0.2) is 0 Å². The third-order valence-corrected chi connectivity index (χ3v) is 4.59. The average Bonchev–Trinajstić information content (AvgIpc) is 2.41. The Kier molecular flexibility index (Phi) is 6.09. The summed E-state index contributed by atoms with van der Waals surface area (Å²) in [5.74, 6) is 0.761. The van der Waals surface area contributed by atoms with Crippen molar-refractivity contribution in [1.29, 1.82) is 0 Å². The van der Waals surface area contributed by atoms with Crippen LogP contribution in [0.25, 0.3) is 0 Å². The third-order valence-electron chi connectivity index (χ3n) is 3.99. The number of halogens is 1. The maximum absolute atomic E-state index is 10.2. The van der Waals surface area contributed by atoms with Gasteiger partial charge in [-0.2, -0.15) is 0 Å². The van der Waals surface area contributed by atoms with Gasteiger partial charge in [-0.1, -0.05) is 11.6 Å². The fraction of sp³-hybridized carbons (Fsp3) is 0.647. The Labute approximate surface area is 138 Å². The number of quaternary nitrogens is 1. The first-order valence-electron chi connectivity index (χ1n) is 7.91. The van der Waals surface area contributed by atoms with Crippen LogP contribution in [-0.2, 0) is 4.74 Å². The normalized spacial score (nSPS) is 26.7. The molecule has 0 saturated carbocycles. The summed E-state index contributed by atoms with van der Waals surface area (Å²) < 4.78 is 11.4. The topological polar surface area (TPSA) is 43.1 Å². The minimum atomic E-state index is -0.483. The van der Waals surface area contributed by atoms with Crippen molar-refractivity contribution in [2.24, 2.45) is 0 Å². The fourth-order valence-electron chi connectivity index (χ4n) is 3.13. The van der Waals surface area contributed by atoms with E-state index in [9.17, 15) is 5.11 Å². The number of aliphatic hydroxyl groups is 1. The number of aryl methyl sites for hydroxylation is 2. The van der Waals surface area contributed by atoms with E-state index in [0.29, 0.717) is 13.2 Å². The number of hydrogen-bond acceptors (Lipinski definition) is 3. The molecule has 4 nitrogen and oxygen atoms in total. The molecule has 0 aliphatic carbocycles. The Hall–Kier alpha value is -0.810. The van der Waals surface area contributed by atoms with Gasteiger partial charge in [0.1, 0.15) is 50.3 Å². The number of morpholine rings is 1. The van der Waals surface area contributed by atoms with E-state index in [1.54, 1.807) is 0 Å². The molecule has 1 fully saturated rings. The summed E-state index contributed by atoms with van der Waals surface area (Å²) in [6.07, 6.45) is 0.00524. The maximum Gasteiger partial charge on any atom is 0.137 e. The van der Waals surface area contributed by atoms with Crippen LogP contribution >= 0.6 is 11.6 Å². The molecule has 1 aromatic carbocycles. The summed E-state index contributed by atoms with van der Waals surface area (Å²) in [7, 11) is 0. The van der Waals surface area contributed by atoms with Gasteiger partial charge in [-0.15, -0.1) is 0 Å². The van der Waals surface area contributed by atoms with Crippen molar-refractivity contribution in [3.05, 3.63) is 28.3 Å². The summed E-state index contributed by atoms with van der Waals surface area (Å²) in [4.78, 5) is 1.37. The number of hydrogen-bond donors (Lipinski definition) is 2. The van der Waals surface area contributed by atoms with Gasteiger partial charge in [-0.25, -0.2) is 0 Å². The first-order chi connectivity index (χ1) is 10.3. The molecule has 1 aliphatic heterocycles. The molecular formula is C17H27ClNO3+. The molecular weight excluding hydrogens is 302 g/mol. The van der Waals surface area contributed by atoms with E-state index >= 15 is 0 Å². The van der Waals surface area contributed by atoms with E-state index in [-0.39, 0.29) is 12.2 Å². The molecule has 0 bridgehead atoms. The lowest BCUT2D eigenvalue weighted by Crippen LogP contribution is -3.16. The Morgan fingerprint density at radius 1 is 1.27 bits per heavy atom. The van der Waals surface area contributed by atoms with E-state index in [2.05, 4.69) is 13.8 Å². The molecule has 2 rings (SSSR count). The van der Waals surface area contributed by atoms with Crippen LogP contribution in [0.3, 0.4) is 0 Å². The number of benzene rings is 1. The van der Waals surface area contributed by atoms with Crippen LogP contribution < -0.4 is 9.64 Å². The van der Waals surface area contributed by atoms with Crippen LogP contribution in [0.2, 0.25) is 5.02 Å². The molecule has 124 valence electrons. The Morgan fingerprint density at radius 2 is 1.82 bits per heavy atom. The van der Waals surface area contributed by atoms with Gasteiger partial charge in [0.2, 0.25) is 0 Å². The monoisotopic (exact) mass is 328 g/mol. The lowest BCUT2D eigenvalue weighted by molar-refractivity contribution is -0.918. The minimum Gasteiger partial charge on any atom is -0.491 e. The molecule has 0 unspecified atom stereocenters. The van der Waals surface area contributed by atoms with E-state index < -0.39 is 6.10 Å². The molecule has 3 atom stereocenters. The lowest BCUT2D eigenvalue weighted by atomic mass is 10.1. The summed E-state index contributed by atoms with van der Waals surface area (Å²) in [5, 5.41) is 11.0. The second kappa shape index (κ2) is 7.64. The predicted molar refractivity (Wildman–Crippen MR) is 88.0 cm³/mol. The molecule has 2 N–H and O–H groups in total. The van der Waals surface area contributed by atoms with Crippen LogP contribution in [0.5, 0.6) is 5.75 Å². The molecule has 1 aromatic rings. The highest BCUT2D eigenvalue weighted by atomic mass is 35.5. The second-order valence-corrected chi connectivity index (χ2v) is 6.83. The van der Waals surface area contributed by atoms with E-state index in [1.807, 2.05) is 26.0 Å². The van der Waals surface area contributed by atoms with Crippen LogP contribution in [0, 0.1) is 13.8 Å². The summed E-state index contributed by atoms with van der Waals surface area (Å²) in [6, 6.07) is 3.82. The van der Waals surface area contributed by atoms with Crippen molar-refractivity contribution in [2.75, 3.05) is 26.2 Å². The molecule has 5 heteroatoms. The zero-order valence-electron chi connectivity index (χ0n) is 13.9. The summed E-state index contributed by atoms with van der Waals surface area (Å²) in [6.45, 7) is 10.9. The second-order valence-electron chi connectivity index (χ2n) is 6.46. The van der Waals surface area contributed by atoms with Gasteiger partial charge in [0, 0.05) is 5.02 Å². The highest BCUT2D eigenvalue weighted by molar-refractivity contribution is 6.32. The van der Waals surface area contributed by atoms with Crippen molar-refractivity contribution in [3.63, 3.8) is 0 Å². The summed E-state index contributed by atoms with van der Waals surface area (Å²) >= 11 is 6.15. The maximum atomic E-state index is 10.2. The van der Waals surface area contributed by atoms with Crippen LogP contribution in [0.15, 0.2) is 12.1 Å². The van der Waals surface area contributed by atoms with E-state index in [0.717, 1.165) is 35.0 Å². The highest BCUT2D eigenvalue weighted by Gasteiger charge is 2.27. The minimum absolute atomic E-state index is 0.244. The van der Waals surface area contributed by atoms with Crippen molar-refractivity contribution in [2.45, 2.75) is 46.0 Å². The molecule has 1 heterocycles. The van der Waals surface area contributed by atoms with Gasteiger partial charge in [-0.05, 0) is 51.0 Å². The first-order valence-corrected chi connectivity index (χ1v) is 8.29. The van der Waals surface area contributed by atoms with Gasteiger partial charge < -0.3 is 19.5 Å². The van der Waals surface area contributed by atoms with Crippen molar-refractivity contribution >= 4 is 11.6 Å². The van der Waals surface area contributed by atoms with Crippen LogP contribution in [0.4, 0.5) is 0 Å². The predicted octanol–water partition coefficient (Wildman–Crippen LogP) is 1.39. The average molecular weight is 329 g/mol. The molecule has 0 spiro atoms. The number of rotatable bonds is 5. The highest BCUT2D eigenvalue weighted by Crippen LogP contribution is 2.25. The Bertz CT molecular complexity index is 476. The number of nitrogens with one attached hydrogen (secondary N) is 1. The standard InChI is InChI=1S/C17H26ClNO3/c1-11-5-16(6-12(2)17(11)18)21-10-15(20)9-19-7-13(3)22-14(4)8-19/h5-6,13-15,20H,7-10H2,1-4H3/p+1/t13-,14-,15-/m1/s1. The molecule has 0 radical (unpaired) electrons. The first kappa shape index (κ1) is 17.5. The van der Waals surface area contributed by atoms with Gasteiger partial charge >= 0.3 is 0 Å². The van der Waals surface area contributed by atoms with Crippen LogP contribution in [-0.4, -0.2) is 49.7 Å². The molecule has 0 aromatic heterocycles. The SMILES string of the molecule is Cc1cc(OC[C@H](O)C[NH+]2C[C@@H](C)O[C@H](C)C2)cc(C)c1Cl. The zero-order chi connectivity index (χ0) is 16.3. The fourth-order valence-corrected chi connectivity index (χ4v) is 3.24. The zero-order valence-corrected chi connectivity index (χ0v) is 14.6. The summed E-state index contributed by atoms with van der Waals surface area (Å²) in [5.41, 5.74) is 1.99.